The van der Waals surface area contributed by atoms with Gasteiger partial charge in [0, 0.05) is 43.7 Å². The molecule has 2 aromatic carbocycles. The van der Waals surface area contributed by atoms with Gasteiger partial charge in [-0.2, -0.15) is 5.10 Å². The molecular formula is C23H29N5O3. The molecule has 0 spiro atoms. The van der Waals surface area contributed by atoms with Crippen LogP contribution >= 0.6 is 0 Å². The summed E-state index contributed by atoms with van der Waals surface area (Å²) in [5, 5.41) is 24.8. The third-order valence-corrected chi connectivity index (χ3v) is 5.36. The Morgan fingerprint density at radius 1 is 1.26 bits per heavy atom. The first-order chi connectivity index (χ1) is 15.0. The fourth-order valence-corrected chi connectivity index (χ4v) is 3.82. The van der Waals surface area contributed by atoms with E-state index in [-0.39, 0.29) is 17.2 Å². The van der Waals surface area contributed by atoms with Crippen molar-refractivity contribution < 1.29 is 14.6 Å². The van der Waals surface area contributed by atoms with E-state index in [9.17, 15) is 9.90 Å². The predicted octanol–water partition coefficient (Wildman–Crippen LogP) is 3.23. The summed E-state index contributed by atoms with van der Waals surface area (Å²) in [5.74, 6) is 1.21. The van der Waals surface area contributed by atoms with E-state index in [4.69, 9.17) is 4.74 Å². The monoisotopic (exact) mass is 423 g/mol. The number of nitrogens with one attached hydrogen (secondary N) is 3. The molecule has 0 unspecified atom stereocenters. The summed E-state index contributed by atoms with van der Waals surface area (Å²) >= 11 is 0. The van der Waals surface area contributed by atoms with Gasteiger partial charge in [-0.25, -0.2) is 0 Å². The molecule has 3 aromatic rings. The lowest BCUT2D eigenvalue weighted by atomic mass is 10.1. The number of phenols is 1. The van der Waals surface area contributed by atoms with Gasteiger partial charge in [-0.05, 0) is 36.2 Å². The third-order valence-electron chi connectivity index (χ3n) is 5.36. The zero-order valence-electron chi connectivity index (χ0n) is 18.2. The number of benzene rings is 2. The van der Waals surface area contributed by atoms with Crippen LogP contribution < -0.4 is 15.4 Å². The number of aromatic amines is 1. The third kappa shape index (κ3) is 4.44. The SMILES string of the molecule is CCNc1n[nH]c2cc(O)c(C(=O)N3Cc4ccc(OCCNC(C)C)cc4C3)cc12. The zero-order valence-corrected chi connectivity index (χ0v) is 18.2. The van der Waals surface area contributed by atoms with E-state index in [2.05, 4.69) is 34.7 Å². The van der Waals surface area contributed by atoms with Crippen LogP contribution in [0.4, 0.5) is 5.82 Å². The Balaban J connectivity index is 1.48. The number of aromatic nitrogens is 2. The number of phenolic OH excluding ortho intramolecular Hbond substituents is 1. The number of rotatable bonds is 8. The molecule has 31 heavy (non-hydrogen) atoms. The molecule has 164 valence electrons. The Morgan fingerprint density at radius 3 is 2.84 bits per heavy atom. The minimum atomic E-state index is -0.206. The number of carbonyl (C=O) groups is 1. The van der Waals surface area contributed by atoms with E-state index in [1.165, 1.54) is 0 Å². The van der Waals surface area contributed by atoms with Crippen molar-refractivity contribution in [1.29, 1.82) is 0 Å². The topological polar surface area (TPSA) is 103 Å². The van der Waals surface area contributed by atoms with Crippen molar-refractivity contribution in [2.75, 3.05) is 25.0 Å². The molecule has 0 atom stereocenters. The second-order valence-corrected chi connectivity index (χ2v) is 8.07. The second kappa shape index (κ2) is 8.85. The molecule has 8 heteroatoms. The van der Waals surface area contributed by atoms with Crippen molar-refractivity contribution >= 4 is 22.6 Å². The number of fused-ring (bicyclic) bond motifs is 2. The van der Waals surface area contributed by atoms with E-state index < -0.39 is 0 Å². The number of hydrogen-bond acceptors (Lipinski definition) is 6. The Bertz CT molecular complexity index is 1090. The van der Waals surface area contributed by atoms with Gasteiger partial charge in [-0.3, -0.25) is 9.89 Å². The number of aromatic hydroxyl groups is 1. The lowest BCUT2D eigenvalue weighted by Crippen LogP contribution is -2.27. The lowest BCUT2D eigenvalue weighted by Gasteiger charge is -2.16. The number of amides is 1. The molecule has 0 radical (unpaired) electrons. The normalized spacial score (nSPS) is 13.1. The van der Waals surface area contributed by atoms with Crippen LogP contribution in [0.1, 0.15) is 42.3 Å². The van der Waals surface area contributed by atoms with Crippen molar-refractivity contribution in [1.82, 2.24) is 20.4 Å². The Hall–Kier alpha value is -3.26. The first-order valence-electron chi connectivity index (χ1n) is 10.7. The van der Waals surface area contributed by atoms with Gasteiger partial charge in [0.2, 0.25) is 0 Å². The van der Waals surface area contributed by atoms with Crippen molar-refractivity contribution in [3.8, 4) is 11.5 Å². The van der Waals surface area contributed by atoms with Crippen molar-refractivity contribution in [3.63, 3.8) is 0 Å². The lowest BCUT2D eigenvalue weighted by molar-refractivity contribution is 0.0748. The van der Waals surface area contributed by atoms with Crippen molar-refractivity contribution in [2.24, 2.45) is 0 Å². The maximum Gasteiger partial charge on any atom is 0.258 e. The molecule has 1 aliphatic heterocycles. The van der Waals surface area contributed by atoms with Crippen LogP contribution in [0.15, 0.2) is 30.3 Å². The number of nitrogens with zero attached hydrogens (tertiary/aromatic N) is 2. The highest BCUT2D eigenvalue weighted by Gasteiger charge is 2.27. The summed E-state index contributed by atoms with van der Waals surface area (Å²) in [6, 6.07) is 9.63. The maximum absolute atomic E-state index is 13.2. The summed E-state index contributed by atoms with van der Waals surface area (Å²) in [7, 11) is 0. The molecule has 0 aliphatic carbocycles. The molecule has 2 heterocycles. The summed E-state index contributed by atoms with van der Waals surface area (Å²) < 4.78 is 5.83. The van der Waals surface area contributed by atoms with E-state index in [0.29, 0.717) is 43.6 Å². The average Bonchev–Trinajstić information content (AvgIpc) is 3.34. The molecule has 1 aliphatic rings. The summed E-state index contributed by atoms with van der Waals surface area (Å²) in [4.78, 5) is 14.9. The van der Waals surface area contributed by atoms with E-state index >= 15 is 0 Å². The number of hydrogen-bond donors (Lipinski definition) is 4. The van der Waals surface area contributed by atoms with E-state index in [1.807, 2.05) is 25.1 Å². The zero-order chi connectivity index (χ0) is 22.0. The predicted molar refractivity (Wildman–Crippen MR) is 121 cm³/mol. The van der Waals surface area contributed by atoms with Crippen LogP contribution in [0.3, 0.4) is 0 Å². The van der Waals surface area contributed by atoms with Crippen molar-refractivity contribution in [2.45, 2.75) is 39.9 Å². The van der Waals surface area contributed by atoms with Gasteiger partial charge in [0.25, 0.3) is 5.91 Å². The molecule has 1 amide bonds. The Labute approximate surface area is 181 Å². The van der Waals surface area contributed by atoms with Gasteiger partial charge in [-0.15, -0.1) is 0 Å². The minimum absolute atomic E-state index is 0.0539. The van der Waals surface area contributed by atoms with Gasteiger partial charge < -0.3 is 25.4 Å². The highest BCUT2D eigenvalue weighted by atomic mass is 16.5. The summed E-state index contributed by atoms with van der Waals surface area (Å²) in [6.07, 6.45) is 0. The highest BCUT2D eigenvalue weighted by molar-refractivity contribution is 6.03. The second-order valence-electron chi connectivity index (χ2n) is 8.07. The van der Waals surface area contributed by atoms with Crippen LogP contribution in [-0.4, -0.2) is 51.8 Å². The molecule has 0 saturated carbocycles. The van der Waals surface area contributed by atoms with E-state index in [0.717, 1.165) is 28.8 Å². The summed E-state index contributed by atoms with van der Waals surface area (Å²) in [6.45, 7) is 9.26. The average molecular weight is 424 g/mol. The standard InChI is InChI=1S/C23H29N5O3/c1-4-24-22-18-10-19(21(29)11-20(18)26-27-22)23(30)28-12-15-5-6-17(9-16(15)13-28)31-8-7-25-14(2)3/h5-6,9-11,14,25,29H,4,7-8,12-13H2,1-3H3,(H2,24,26,27). The fourth-order valence-electron chi connectivity index (χ4n) is 3.82. The molecule has 1 aromatic heterocycles. The first kappa shape index (κ1) is 21.0. The van der Waals surface area contributed by atoms with Crippen molar-refractivity contribution in [3.05, 3.63) is 47.0 Å². The van der Waals surface area contributed by atoms with Crippen LogP contribution in [0, 0.1) is 0 Å². The van der Waals surface area contributed by atoms with Gasteiger partial charge in [-0.1, -0.05) is 19.9 Å². The maximum atomic E-state index is 13.2. The summed E-state index contributed by atoms with van der Waals surface area (Å²) in [5.41, 5.74) is 3.12. The van der Waals surface area contributed by atoms with Crippen LogP contribution in [0.2, 0.25) is 0 Å². The molecule has 0 bridgehead atoms. The highest BCUT2D eigenvalue weighted by Crippen LogP contribution is 2.32. The molecule has 8 nitrogen and oxygen atoms in total. The number of anilines is 1. The fraction of sp³-hybridized carbons (Fsp3) is 0.391. The molecular weight excluding hydrogens is 394 g/mol. The van der Waals surface area contributed by atoms with Crippen LogP contribution in [0.25, 0.3) is 10.9 Å². The van der Waals surface area contributed by atoms with Gasteiger partial charge >= 0.3 is 0 Å². The van der Waals surface area contributed by atoms with Gasteiger partial charge in [0.15, 0.2) is 5.82 Å². The Morgan fingerprint density at radius 2 is 2.06 bits per heavy atom. The molecule has 4 N–H and O–H groups in total. The number of ether oxygens (including phenoxy) is 1. The first-order valence-corrected chi connectivity index (χ1v) is 10.7. The van der Waals surface area contributed by atoms with E-state index in [1.54, 1.807) is 17.0 Å². The molecule has 0 saturated heterocycles. The quantitative estimate of drug-likeness (QED) is 0.415. The van der Waals surface area contributed by atoms with Gasteiger partial charge in [0.1, 0.15) is 18.1 Å². The molecule has 0 fully saturated rings. The number of carbonyl (C=O) groups excluding carboxylic acids is 1. The van der Waals surface area contributed by atoms with Crippen LogP contribution in [0.5, 0.6) is 11.5 Å². The Kier molecular flexibility index (Phi) is 5.99. The number of H-pyrrole nitrogens is 1. The minimum Gasteiger partial charge on any atom is -0.507 e. The smallest absolute Gasteiger partial charge is 0.258 e. The largest absolute Gasteiger partial charge is 0.507 e. The van der Waals surface area contributed by atoms with Gasteiger partial charge in [0.05, 0.1) is 11.1 Å². The van der Waals surface area contributed by atoms with Crippen LogP contribution in [-0.2, 0) is 13.1 Å². The molecule has 4 rings (SSSR count).